The molecule has 3 heterocycles. The lowest BCUT2D eigenvalue weighted by Crippen LogP contribution is -2.48. The average Bonchev–Trinajstić information content (AvgIpc) is 3.43. The summed E-state index contributed by atoms with van der Waals surface area (Å²) in [6.45, 7) is 4.75. The van der Waals surface area contributed by atoms with Gasteiger partial charge in [-0.1, -0.05) is 62.7 Å². The van der Waals surface area contributed by atoms with Crippen LogP contribution >= 0.6 is 11.6 Å². The number of alkyl carbamates (subject to hydrolysis) is 1. The highest BCUT2D eigenvalue weighted by atomic mass is 35.5. The van der Waals surface area contributed by atoms with Crippen LogP contribution in [-0.2, 0) is 20.3 Å². The lowest BCUT2D eigenvalue weighted by atomic mass is 9.49. The Morgan fingerprint density at radius 2 is 1.81 bits per heavy atom. The van der Waals surface area contributed by atoms with Crippen molar-refractivity contribution in [2.24, 2.45) is 16.1 Å². The zero-order valence-corrected chi connectivity index (χ0v) is 29.8. The molecule has 1 aliphatic carbocycles. The predicted octanol–water partition coefficient (Wildman–Crippen LogP) is 4.74. The van der Waals surface area contributed by atoms with Crippen molar-refractivity contribution in [3.05, 3.63) is 77.3 Å². The number of carbonyl (C=O) groups excluding carboxylic acids is 2. The standard InChI is InChI=1S/C34H35B3ClF2N9O3/c1-31(2,3)17-33(22-8-5-19(6-9-22)21-14-43-47(15-21)28(39)40)27(50)49(29(41)44-33)25(16-52-30(51)45-32(4)11-12-32)20-7-10-24(38)23(13-20)26-42-18-48(46-26)34(35,36)37/h5-10,13-15,18,25,28H,11-12,16-17H2,1-4H3,(H2,41,44)(H,45,51)/t25-,33-/m1/s1. The maximum absolute atomic E-state index is 15.0. The van der Waals surface area contributed by atoms with Crippen LogP contribution in [0.3, 0.4) is 0 Å². The maximum Gasteiger partial charge on any atom is 0.407 e. The topological polar surface area (TPSA) is 146 Å². The summed E-state index contributed by atoms with van der Waals surface area (Å²) in [4.78, 5) is 38.3. The number of rotatable bonds is 11. The van der Waals surface area contributed by atoms with Crippen LogP contribution in [0.4, 0.5) is 13.6 Å². The van der Waals surface area contributed by atoms with Crippen LogP contribution in [0, 0.1) is 5.41 Å². The highest BCUT2D eigenvalue weighted by molar-refractivity contribution is 6.56. The van der Waals surface area contributed by atoms with Crippen molar-refractivity contribution in [1.29, 1.82) is 0 Å². The van der Waals surface area contributed by atoms with Gasteiger partial charge in [-0.25, -0.2) is 19.5 Å². The quantitative estimate of drug-likeness (QED) is 0.213. The van der Waals surface area contributed by atoms with Crippen molar-refractivity contribution in [3.8, 4) is 22.5 Å². The first-order valence-corrected chi connectivity index (χ1v) is 16.8. The Hall–Kier alpha value is -4.66. The number of ether oxygens (including phenoxy) is 1. The van der Waals surface area contributed by atoms with E-state index in [1.54, 1.807) is 42.5 Å². The monoisotopic (exact) mass is 723 g/mol. The zero-order chi connectivity index (χ0) is 37.8. The number of aliphatic imine (C=N–C) groups is 1. The Kier molecular flexibility index (Phi) is 9.56. The number of hydrogen-bond donors (Lipinski definition) is 2. The number of alkyl halides is 2. The van der Waals surface area contributed by atoms with Crippen LogP contribution < -0.4 is 11.1 Å². The summed E-state index contributed by atoms with van der Waals surface area (Å²) in [5.41, 5.74) is 6.84. The number of nitrogens with two attached hydrogens (primary N) is 1. The Morgan fingerprint density at radius 3 is 2.38 bits per heavy atom. The average molecular weight is 724 g/mol. The van der Waals surface area contributed by atoms with E-state index in [0.29, 0.717) is 32.5 Å². The molecule has 4 aromatic rings. The van der Waals surface area contributed by atoms with E-state index in [1.807, 2.05) is 27.7 Å². The van der Waals surface area contributed by atoms with E-state index in [4.69, 9.17) is 50.6 Å². The van der Waals surface area contributed by atoms with Gasteiger partial charge in [0.2, 0.25) is 0 Å². The van der Waals surface area contributed by atoms with Gasteiger partial charge in [0.25, 0.3) is 5.91 Å². The summed E-state index contributed by atoms with van der Waals surface area (Å²) in [5.74, 6) is -0.412. The number of benzene rings is 2. The highest BCUT2D eigenvalue weighted by Crippen LogP contribution is 2.45. The molecule has 6 rings (SSSR count). The number of guanidine groups is 1. The van der Waals surface area contributed by atoms with Gasteiger partial charge < -0.3 is 15.8 Å². The van der Waals surface area contributed by atoms with Gasteiger partial charge in [-0.3, -0.25) is 14.4 Å². The molecular weight excluding hydrogens is 688 g/mol. The molecule has 1 saturated carbocycles. The second-order valence-corrected chi connectivity index (χ2v) is 15.2. The molecule has 0 saturated heterocycles. The summed E-state index contributed by atoms with van der Waals surface area (Å²) in [5, 5.41) is 9.31. The fourth-order valence-corrected chi connectivity index (χ4v) is 6.37. The van der Waals surface area contributed by atoms with Crippen molar-refractivity contribution in [2.45, 2.75) is 75.9 Å². The molecule has 0 bridgehead atoms. The zero-order valence-electron chi connectivity index (χ0n) is 29.1. The Balaban J connectivity index is 1.39. The summed E-state index contributed by atoms with van der Waals surface area (Å²) in [6, 6.07) is 10.8. The van der Waals surface area contributed by atoms with E-state index in [9.17, 15) is 18.4 Å². The summed E-state index contributed by atoms with van der Waals surface area (Å²) in [7, 11) is 17.4. The summed E-state index contributed by atoms with van der Waals surface area (Å²) < 4.78 is 33.8. The number of aromatic nitrogens is 5. The molecule has 2 aliphatic rings. The third kappa shape index (κ3) is 7.60. The number of halogens is 3. The molecule has 2 aromatic carbocycles. The van der Waals surface area contributed by atoms with E-state index >= 15 is 0 Å². The molecule has 0 spiro atoms. The molecule has 2 amide bonds. The first-order chi connectivity index (χ1) is 24.3. The van der Waals surface area contributed by atoms with Gasteiger partial charge >= 0.3 is 12.6 Å². The number of amides is 2. The van der Waals surface area contributed by atoms with Crippen LogP contribution in [0.2, 0.25) is 5.02 Å². The van der Waals surface area contributed by atoms with Crippen LogP contribution in [0.5, 0.6) is 0 Å². The van der Waals surface area contributed by atoms with Crippen LogP contribution in [-0.4, -0.2) is 83.1 Å². The van der Waals surface area contributed by atoms with Gasteiger partial charge in [0.1, 0.15) is 12.9 Å². The SMILES string of the molecule is [B]C([B])([B])n1cnc(-c2cc([C@@H](COC(=O)NC3(C)CC3)N3C(=O)[C@@](CC(C)(C)C)(c4ccc(-c5cnn(C(F)F)c5)cc4)N=C3N)ccc2Cl)n1. The van der Waals surface area contributed by atoms with E-state index in [2.05, 4.69) is 20.5 Å². The largest absolute Gasteiger partial charge is 0.447 e. The van der Waals surface area contributed by atoms with Crippen LogP contribution in [0.1, 0.15) is 70.7 Å². The maximum atomic E-state index is 15.0. The molecule has 2 atom stereocenters. The van der Waals surface area contributed by atoms with E-state index < -0.39 is 40.8 Å². The third-order valence-electron chi connectivity index (χ3n) is 9.00. The highest BCUT2D eigenvalue weighted by Gasteiger charge is 2.53. The molecule has 3 N–H and O–H groups in total. The van der Waals surface area contributed by atoms with Crippen molar-refractivity contribution in [3.63, 3.8) is 0 Å². The molecule has 18 heteroatoms. The van der Waals surface area contributed by atoms with E-state index in [1.165, 1.54) is 23.6 Å². The lowest BCUT2D eigenvalue weighted by molar-refractivity contribution is -0.135. The number of hydrogen-bond acceptors (Lipinski definition) is 8. The van der Waals surface area contributed by atoms with Gasteiger partial charge in [-0.05, 0) is 65.7 Å². The lowest BCUT2D eigenvalue weighted by Gasteiger charge is -2.35. The van der Waals surface area contributed by atoms with Crippen molar-refractivity contribution >= 4 is 53.1 Å². The number of nitrogens with one attached hydrogen (secondary N) is 1. The van der Waals surface area contributed by atoms with Crippen molar-refractivity contribution in [2.75, 3.05) is 6.61 Å². The van der Waals surface area contributed by atoms with Gasteiger partial charge in [-0.2, -0.15) is 19.0 Å². The van der Waals surface area contributed by atoms with Gasteiger partial charge in [0.15, 0.2) is 17.3 Å². The molecule has 264 valence electrons. The van der Waals surface area contributed by atoms with Gasteiger partial charge in [-0.15, -0.1) is 0 Å². The van der Waals surface area contributed by atoms with Crippen molar-refractivity contribution in [1.82, 2.24) is 34.8 Å². The van der Waals surface area contributed by atoms with Gasteiger partial charge in [0, 0.05) is 22.9 Å². The summed E-state index contributed by atoms with van der Waals surface area (Å²) >= 11 is 6.61. The predicted molar refractivity (Wildman–Crippen MR) is 194 cm³/mol. The van der Waals surface area contributed by atoms with E-state index in [-0.39, 0.29) is 35.4 Å². The molecule has 1 fully saturated rings. The smallest absolute Gasteiger partial charge is 0.407 e. The van der Waals surface area contributed by atoms with Crippen LogP contribution in [0.25, 0.3) is 22.5 Å². The molecule has 2 aromatic heterocycles. The second-order valence-electron chi connectivity index (χ2n) is 14.7. The summed E-state index contributed by atoms with van der Waals surface area (Å²) in [6.07, 6.45) is 5.06. The molecule has 12 nitrogen and oxygen atoms in total. The number of nitrogens with zero attached hydrogens (tertiary/aromatic N) is 7. The van der Waals surface area contributed by atoms with Crippen molar-refractivity contribution < 1.29 is 23.1 Å². The van der Waals surface area contributed by atoms with Crippen LogP contribution in [0.15, 0.2) is 66.2 Å². The Labute approximate surface area is 308 Å². The molecule has 1 aliphatic heterocycles. The number of carbonyl (C=O) groups is 2. The molecular formula is C34H35B3ClF2N9O3. The minimum Gasteiger partial charge on any atom is -0.447 e. The fraction of sp³-hybridized carbons (Fsp3) is 0.412. The molecule has 52 heavy (non-hydrogen) atoms. The fourth-order valence-electron chi connectivity index (χ4n) is 6.17. The Bertz CT molecular complexity index is 2020. The second kappa shape index (κ2) is 13.4. The normalized spacial score (nSPS) is 19.1. The van der Waals surface area contributed by atoms with E-state index in [0.717, 1.165) is 17.5 Å². The molecule has 0 unspecified atom stereocenters. The first kappa shape index (κ1) is 37.1. The van der Waals surface area contributed by atoms with Gasteiger partial charge in [0.05, 0.1) is 40.8 Å². The third-order valence-corrected chi connectivity index (χ3v) is 9.33. The minimum absolute atomic E-state index is 0.0993. The molecule has 6 radical (unpaired) electrons. The first-order valence-electron chi connectivity index (χ1n) is 16.4. The minimum atomic E-state index is -2.78. The Morgan fingerprint density at radius 1 is 1.12 bits per heavy atom.